The lowest BCUT2D eigenvalue weighted by Gasteiger charge is -2.60. The van der Waals surface area contributed by atoms with E-state index in [1.54, 1.807) is 12.1 Å². The minimum Gasteiger partial charge on any atom is -0.375 e. The van der Waals surface area contributed by atoms with Crippen molar-refractivity contribution in [1.29, 1.82) is 0 Å². The molecule has 4 aliphatic heterocycles. The Morgan fingerprint density at radius 1 is 1.24 bits per heavy atom. The van der Waals surface area contributed by atoms with Crippen molar-refractivity contribution in [3.63, 3.8) is 0 Å². The number of thiocarbonyl (C=S) groups is 1. The number of nitrogens with zero attached hydrogens (tertiary/aromatic N) is 5. The zero-order valence-corrected chi connectivity index (χ0v) is 14.4. The van der Waals surface area contributed by atoms with Gasteiger partial charge >= 0.3 is 0 Å². The number of hydrazone groups is 1. The Balaban J connectivity index is 1.77. The molecule has 0 aliphatic carbocycles. The van der Waals surface area contributed by atoms with Gasteiger partial charge in [-0.05, 0) is 12.2 Å². The Morgan fingerprint density at radius 2 is 1.84 bits per heavy atom. The molecule has 4 saturated heterocycles. The molecule has 4 aliphatic rings. The highest BCUT2D eigenvalue weighted by Gasteiger charge is 2.52. The summed E-state index contributed by atoms with van der Waals surface area (Å²) in [4.78, 5) is 17.9. The number of benzene rings is 1. The second-order valence-electron chi connectivity index (χ2n) is 6.94. The van der Waals surface area contributed by atoms with Crippen LogP contribution < -0.4 is 11.2 Å². The largest absolute Gasteiger partial charge is 0.375 e. The lowest BCUT2D eigenvalue weighted by molar-refractivity contribution is -0.384. The summed E-state index contributed by atoms with van der Waals surface area (Å²) < 4.78 is 0. The van der Waals surface area contributed by atoms with Crippen LogP contribution in [-0.2, 0) is 0 Å². The molecule has 0 atom stereocenters. The van der Waals surface area contributed by atoms with E-state index >= 15 is 0 Å². The van der Waals surface area contributed by atoms with Gasteiger partial charge < -0.3 is 5.73 Å². The molecule has 0 saturated carbocycles. The van der Waals surface area contributed by atoms with Crippen LogP contribution in [0.2, 0.25) is 0 Å². The van der Waals surface area contributed by atoms with Crippen molar-refractivity contribution in [2.24, 2.45) is 16.3 Å². The van der Waals surface area contributed by atoms with Crippen LogP contribution in [0.4, 0.5) is 5.69 Å². The highest BCUT2D eigenvalue weighted by Crippen LogP contribution is 2.38. The van der Waals surface area contributed by atoms with Crippen LogP contribution >= 0.6 is 12.2 Å². The van der Waals surface area contributed by atoms with Gasteiger partial charge in [0.25, 0.3) is 5.69 Å². The van der Waals surface area contributed by atoms with Crippen LogP contribution in [0.5, 0.6) is 0 Å². The molecule has 4 bridgehead atoms. The molecule has 132 valence electrons. The van der Waals surface area contributed by atoms with Gasteiger partial charge in [-0.1, -0.05) is 12.1 Å². The van der Waals surface area contributed by atoms with E-state index in [0.29, 0.717) is 0 Å². The van der Waals surface area contributed by atoms with E-state index in [1.165, 1.54) is 6.07 Å². The average molecular weight is 361 g/mol. The van der Waals surface area contributed by atoms with Crippen LogP contribution in [0.3, 0.4) is 0 Å². The number of nitro benzene ring substituents is 1. The average Bonchev–Trinajstić information content (AvgIpc) is 2.53. The third-order valence-corrected chi connectivity index (χ3v) is 4.98. The van der Waals surface area contributed by atoms with E-state index in [1.807, 2.05) is 6.07 Å². The first-order valence-electron chi connectivity index (χ1n) is 8.01. The maximum Gasteiger partial charge on any atom is 0.270 e. The minimum absolute atomic E-state index is 0.0474. The predicted octanol–water partition coefficient (Wildman–Crippen LogP) is -0.0622. The highest BCUT2D eigenvalue weighted by atomic mass is 32.1. The standard InChI is InChI=1S/C15H19N7O2S/c16-14(25)18-17-13(11-2-1-3-12(4-11)22(23)24)15-5-19-8-20(6-15)10-21(7-15)9-19/h1-4H,5-10H2,(H3,16,18,25)/b17-13+. The van der Waals surface area contributed by atoms with Crippen molar-refractivity contribution >= 4 is 28.7 Å². The monoisotopic (exact) mass is 361 g/mol. The van der Waals surface area contributed by atoms with Crippen molar-refractivity contribution in [3.05, 3.63) is 39.9 Å². The summed E-state index contributed by atoms with van der Waals surface area (Å²) in [5, 5.41) is 15.7. The molecule has 0 radical (unpaired) electrons. The summed E-state index contributed by atoms with van der Waals surface area (Å²) >= 11 is 4.89. The number of nitrogens with two attached hydrogens (primary N) is 1. The molecule has 1 aromatic rings. The van der Waals surface area contributed by atoms with Crippen molar-refractivity contribution in [1.82, 2.24) is 20.1 Å². The third-order valence-electron chi connectivity index (χ3n) is 4.89. The van der Waals surface area contributed by atoms with Gasteiger partial charge in [-0.2, -0.15) is 5.10 Å². The second kappa shape index (κ2) is 5.99. The lowest BCUT2D eigenvalue weighted by atomic mass is 9.74. The molecule has 1 aromatic carbocycles. The molecular weight excluding hydrogens is 342 g/mol. The maximum absolute atomic E-state index is 11.2. The Hall–Kier alpha value is -2.14. The first-order valence-corrected chi connectivity index (χ1v) is 8.42. The van der Waals surface area contributed by atoms with E-state index in [2.05, 4.69) is 25.2 Å². The SMILES string of the molecule is NC(=S)N/N=C(\c1cccc([N+](=O)[O-])c1)C12CN3CN(CN(C3)C1)C2. The van der Waals surface area contributed by atoms with E-state index in [-0.39, 0.29) is 16.2 Å². The highest BCUT2D eigenvalue weighted by molar-refractivity contribution is 7.80. The molecule has 25 heavy (non-hydrogen) atoms. The fourth-order valence-corrected chi connectivity index (χ4v) is 4.35. The lowest BCUT2D eigenvalue weighted by Crippen LogP contribution is -2.74. The van der Waals surface area contributed by atoms with Crippen LogP contribution in [0, 0.1) is 15.5 Å². The van der Waals surface area contributed by atoms with E-state index in [4.69, 9.17) is 18.0 Å². The molecule has 0 aromatic heterocycles. The summed E-state index contributed by atoms with van der Waals surface area (Å²) in [7, 11) is 0. The van der Waals surface area contributed by atoms with Gasteiger partial charge in [0.2, 0.25) is 0 Å². The van der Waals surface area contributed by atoms with Gasteiger partial charge in [0.05, 0.1) is 36.1 Å². The van der Waals surface area contributed by atoms with Crippen molar-refractivity contribution < 1.29 is 4.92 Å². The van der Waals surface area contributed by atoms with Gasteiger partial charge in [0.15, 0.2) is 5.11 Å². The molecule has 0 amide bonds. The quantitative estimate of drug-likeness (QED) is 0.333. The molecule has 0 unspecified atom stereocenters. The number of non-ortho nitro benzene ring substituents is 1. The number of rotatable bonds is 4. The fourth-order valence-electron chi connectivity index (χ4n) is 4.31. The maximum atomic E-state index is 11.2. The van der Waals surface area contributed by atoms with Gasteiger partial charge in [0, 0.05) is 37.3 Å². The summed E-state index contributed by atoms with van der Waals surface area (Å²) in [6, 6.07) is 6.59. The Bertz CT molecular complexity index is 731. The second-order valence-corrected chi connectivity index (χ2v) is 7.38. The molecule has 0 spiro atoms. The van der Waals surface area contributed by atoms with Gasteiger partial charge in [0.1, 0.15) is 0 Å². The van der Waals surface area contributed by atoms with Crippen LogP contribution in [0.1, 0.15) is 5.56 Å². The summed E-state index contributed by atoms with van der Waals surface area (Å²) in [6.45, 7) is 5.43. The van der Waals surface area contributed by atoms with Gasteiger partial charge in [-0.25, -0.2) is 0 Å². The van der Waals surface area contributed by atoms with Gasteiger partial charge in [-0.3, -0.25) is 30.2 Å². The van der Waals surface area contributed by atoms with Crippen LogP contribution in [0.15, 0.2) is 29.4 Å². The fraction of sp³-hybridized carbons (Fsp3) is 0.467. The Labute approximate surface area is 150 Å². The third kappa shape index (κ3) is 2.97. The van der Waals surface area contributed by atoms with E-state index in [0.717, 1.165) is 50.9 Å². The molecule has 9 nitrogen and oxygen atoms in total. The smallest absolute Gasteiger partial charge is 0.270 e. The van der Waals surface area contributed by atoms with E-state index in [9.17, 15) is 10.1 Å². The van der Waals surface area contributed by atoms with Crippen molar-refractivity contribution in [2.75, 3.05) is 39.6 Å². The van der Waals surface area contributed by atoms with Crippen molar-refractivity contribution in [2.45, 2.75) is 0 Å². The Morgan fingerprint density at radius 3 is 2.36 bits per heavy atom. The number of nitro groups is 1. The molecular formula is C15H19N7O2S. The first kappa shape index (κ1) is 16.3. The first-order chi connectivity index (χ1) is 11.9. The van der Waals surface area contributed by atoms with Crippen molar-refractivity contribution in [3.8, 4) is 0 Å². The van der Waals surface area contributed by atoms with Crippen LogP contribution in [-0.4, -0.2) is 70.1 Å². The number of hydrogen-bond acceptors (Lipinski definition) is 7. The minimum atomic E-state index is -0.391. The molecule has 4 heterocycles. The zero-order chi connectivity index (χ0) is 17.6. The number of hydrogen-bond donors (Lipinski definition) is 2. The number of nitrogens with one attached hydrogen (secondary N) is 1. The molecule has 5 rings (SSSR count). The molecule has 3 N–H and O–H groups in total. The zero-order valence-electron chi connectivity index (χ0n) is 13.6. The molecule has 4 fully saturated rings. The predicted molar refractivity (Wildman–Crippen MR) is 96.7 cm³/mol. The summed E-state index contributed by atoms with van der Waals surface area (Å²) in [5.74, 6) is 0. The van der Waals surface area contributed by atoms with Crippen LogP contribution in [0.25, 0.3) is 0 Å². The topological polar surface area (TPSA) is 103 Å². The molecule has 10 heteroatoms. The van der Waals surface area contributed by atoms with Gasteiger partial charge in [-0.15, -0.1) is 0 Å². The summed E-state index contributed by atoms with van der Waals surface area (Å²) in [6.07, 6.45) is 0. The normalized spacial score (nSPS) is 33.3. The Kier molecular flexibility index (Phi) is 3.91. The summed E-state index contributed by atoms with van der Waals surface area (Å²) in [5.41, 5.74) is 9.56. The van der Waals surface area contributed by atoms with E-state index < -0.39 is 4.92 Å².